The van der Waals surface area contributed by atoms with E-state index < -0.39 is 0 Å². The molecule has 0 aromatic carbocycles. The number of ether oxygens (including phenoxy) is 1. The van der Waals surface area contributed by atoms with E-state index >= 15 is 0 Å². The molecule has 0 saturated carbocycles. The molecule has 0 amide bonds. The van der Waals surface area contributed by atoms with Crippen molar-refractivity contribution in [2.75, 3.05) is 19.3 Å². The number of aromatic nitrogens is 5. The number of anilines is 1. The Hall–Kier alpha value is -3.49. The Balaban J connectivity index is 1.35. The summed E-state index contributed by atoms with van der Waals surface area (Å²) >= 11 is 1.55. The number of likely N-dealkylation sites (N-methyl/N-ethyl adjacent to an activating group) is 1. The van der Waals surface area contributed by atoms with Crippen LogP contribution >= 0.6 is 11.3 Å². The van der Waals surface area contributed by atoms with Crippen molar-refractivity contribution in [2.45, 2.75) is 75.9 Å². The quantitative estimate of drug-likeness (QED) is 0.398. The first-order chi connectivity index (χ1) is 18.9. The fraction of sp³-hybridized carbons (Fsp3) is 0.536. The molecule has 7 rings (SSSR count). The highest BCUT2D eigenvalue weighted by atomic mass is 32.1. The molecular weight excluding hydrogens is 512 g/mol. The van der Waals surface area contributed by atoms with Gasteiger partial charge in [0.2, 0.25) is 0 Å². The summed E-state index contributed by atoms with van der Waals surface area (Å²) in [7, 11) is 4.06. The summed E-state index contributed by atoms with van der Waals surface area (Å²) in [4.78, 5) is 17.8. The molecule has 0 radical (unpaired) electrons. The van der Waals surface area contributed by atoms with Gasteiger partial charge in [0.05, 0.1) is 17.6 Å². The molecule has 0 bridgehead atoms. The van der Waals surface area contributed by atoms with Gasteiger partial charge in [-0.15, -0.1) is 11.3 Å². The molecule has 39 heavy (non-hydrogen) atoms. The average molecular weight is 545 g/mol. The number of rotatable bonds is 4. The summed E-state index contributed by atoms with van der Waals surface area (Å²) in [6.07, 6.45) is 9.56. The van der Waals surface area contributed by atoms with E-state index in [-0.39, 0.29) is 11.5 Å². The summed E-state index contributed by atoms with van der Waals surface area (Å²) < 4.78 is 14.4. The minimum atomic E-state index is -0.362. The van der Waals surface area contributed by atoms with Crippen LogP contribution in [0.5, 0.6) is 6.01 Å². The Morgan fingerprint density at radius 2 is 2.05 bits per heavy atom. The Morgan fingerprint density at radius 1 is 1.23 bits per heavy atom. The van der Waals surface area contributed by atoms with Gasteiger partial charge in [-0.25, -0.2) is 4.98 Å². The van der Waals surface area contributed by atoms with Crippen molar-refractivity contribution >= 4 is 27.5 Å². The Labute approximate surface area is 230 Å². The molecule has 2 N–H and O–H groups in total. The third kappa shape index (κ3) is 3.61. The van der Waals surface area contributed by atoms with Gasteiger partial charge < -0.3 is 19.6 Å². The van der Waals surface area contributed by atoms with Crippen molar-refractivity contribution in [2.24, 2.45) is 7.05 Å². The lowest BCUT2D eigenvalue weighted by Crippen LogP contribution is -2.38. The van der Waals surface area contributed by atoms with E-state index in [0.717, 1.165) is 68.3 Å². The predicted molar refractivity (Wildman–Crippen MR) is 148 cm³/mol. The number of likely N-dealkylation sites (tertiary alicyclic amines) is 1. The average Bonchev–Trinajstić information content (AvgIpc) is 3.70. The SMILES string of the molecule is CC(Oc1nc(-c2onc3c2CCCC32CCCc3sc(N)c(C#N)c32)c2ncn(C)c2n1)C1CCCN1C. The van der Waals surface area contributed by atoms with Gasteiger partial charge >= 0.3 is 6.01 Å². The van der Waals surface area contributed by atoms with Gasteiger partial charge in [-0.2, -0.15) is 15.2 Å². The summed E-state index contributed by atoms with van der Waals surface area (Å²) in [6.45, 7) is 3.16. The number of nitrogens with zero attached hydrogens (tertiary/aromatic N) is 7. The third-order valence-electron chi connectivity index (χ3n) is 9.04. The minimum Gasteiger partial charge on any atom is -0.459 e. The molecule has 1 saturated heterocycles. The Kier molecular flexibility index (Phi) is 5.68. The highest BCUT2D eigenvalue weighted by Gasteiger charge is 2.48. The van der Waals surface area contributed by atoms with Crippen LogP contribution in [0.1, 0.15) is 72.7 Å². The number of imidazole rings is 1. The summed E-state index contributed by atoms with van der Waals surface area (Å²) in [5, 5.41) is 15.3. The maximum atomic E-state index is 10.0. The molecule has 202 valence electrons. The smallest absolute Gasteiger partial charge is 0.319 e. The van der Waals surface area contributed by atoms with Crippen LogP contribution in [0.3, 0.4) is 0 Å². The molecule has 1 spiro atoms. The van der Waals surface area contributed by atoms with Crippen LogP contribution in [0, 0.1) is 11.3 Å². The Bertz CT molecular complexity index is 1630. The largest absolute Gasteiger partial charge is 0.459 e. The maximum Gasteiger partial charge on any atom is 0.319 e. The molecule has 4 aromatic heterocycles. The van der Waals surface area contributed by atoms with Crippen molar-refractivity contribution in [3.05, 3.63) is 33.6 Å². The number of hydrogen-bond acceptors (Lipinski definition) is 10. The van der Waals surface area contributed by atoms with Crippen molar-refractivity contribution in [1.82, 2.24) is 29.6 Å². The maximum absolute atomic E-state index is 10.0. The molecule has 1 fully saturated rings. The van der Waals surface area contributed by atoms with Crippen molar-refractivity contribution < 1.29 is 9.26 Å². The Morgan fingerprint density at radius 3 is 2.82 bits per heavy atom. The lowest BCUT2D eigenvalue weighted by molar-refractivity contribution is 0.112. The van der Waals surface area contributed by atoms with Crippen molar-refractivity contribution in [3.63, 3.8) is 0 Å². The molecule has 10 nitrogen and oxygen atoms in total. The molecular formula is C28H32N8O2S. The van der Waals surface area contributed by atoms with Gasteiger partial charge in [0.15, 0.2) is 11.4 Å². The van der Waals surface area contributed by atoms with Crippen LogP contribution in [0.2, 0.25) is 0 Å². The van der Waals surface area contributed by atoms with E-state index in [1.54, 1.807) is 17.7 Å². The van der Waals surface area contributed by atoms with Crippen LogP contribution in [0.15, 0.2) is 10.9 Å². The van der Waals surface area contributed by atoms with Gasteiger partial charge in [0, 0.05) is 28.9 Å². The van der Waals surface area contributed by atoms with Gasteiger partial charge in [0.1, 0.15) is 28.4 Å². The molecule has 3 unspecified atom stereocenters. The zero-order valence-electron chi connectivity index (χ0n) is 22.5. The number of nitriles is 1. The third-order valence-corrected chi connectivity index (χ3v) is 10.1. The van der Waals surface area contributed by atoms with Crippen LogP contribution in [0.25, 0.3) is 22.6 Å². The highest BCUT2D eigenvalue weighted by Crippen LogP contribution is 2.55. The summed E-state index contributed by atoms with van der Waals surface area (Å²) in [5.74, 6) is 0.625. The van der Waals surface area contributed by atoms with Gasteiger partial charge in [-0.1, -0.05) is 5.16 Å². The first-order valence-corrected chi connectivity index (χ1v) is 14.6. The van der Waals surface area contributed by atoms with E-state index in [9.17, 15) is 5.26 Å². The van der Waals surface area contributed by atoms with Crippen LogP contribution in [-0.4, -0.2) is 55.3 Å². The predicted octanol–water partition coefficient (Wildman–Crippen LogP) is 4.35. The van der Waals surface area contributed by atoms with Crippen LogP contribution < -0.4 is 10.5 Å². The normalized spacial score (nSPS) is 23.6. The molecule has 5 heterocycles. The van der Waals surface area contributed by atoms with E-state index in [0.29, 0.717) is 45.2 Å². The second-order valence-electron chi connectivity index (χ2n) is 11.3. The second-order valence-corrected chi connectivity index (χ2v) is 12.4. The van der Waals surface area contributed by atoms with Gasteiger partial charge in [-0.05, 0) is 77.4 Å². The minimum absolute atomic E-state index is 0.0583. The van der Waals surface area contributed by atoms with Crippen LogP contribution in [-0.2, 0) is 25.3 Å². The highest BCUT2D eigenvalue weighted by molar-refractivity contribution is 7.16. The van der Waals surface area contributed by atoms with E-state index in [1.807, 2.05) is 11.6 Å². The fourth-order valence-electron chi connectivity index (χ4n) is 7.21. The number of aryl methyl sites for hydroxylation is 2. The molecule has 4 aromatic rings. The number of nitrogens with two attached hydrogens (primary N) is 1. The molecule has 1 aliphatic heterocycles. The molecule has 3 aliphatic rings. The number of fused-ring (bicyclic) bond motifs is 5. The van der Waals surface area contributed by atoms with Crippen molar-refractivity contribution in [3.8, 4) is 23.5 Å². The molecule has 2 aliphatic carbocycles. The first-order valence-electron chi connectivity index (χ1n) is 13.8. The lowest BCUT2D eigenvalue weighted by Gasteiger charge is -2.39. The zero-order chi connectivity index (χ0) is 26.9. The van der Waals surface area contributed by atoms with E-state index in [4.69, 9.17) is 30.1 Å². The second kappa shape index (κ2) is 9.03. The lowest BCUT2D eigenvalue weighted by atomic mass is 9.62. The van der Waals surface area contributed by atoms with Gasteiger partial charge in [-0.3, -0.25) is 4.90 Å². The number of nitrogen functional groups attached to an aromatic ring is 1. The van der Waals surface area contributed by atoms with Crippen LogP contribution in [0.4, 0.5) is 5.00 Å². The van der Waals surface area contributed by atoms with E-state index in [1.165, 1.54) is 11.3 Å². The van der Waals surface area contributed by atoms with Crippen molar-refractivity contribution in [1.29, 1.82) is 5.26 Å². The number of hydrogen-bond donors (Lipinski definition) is 1. The molecule has 3 atom stereocenters. The van der Waals surface area contributed by atoms with Gasteiger partial charge in [0.25, 0.3) is 0 Å². The summed E-state index contributed by atoms with van der Waals surface area (Å²) in [6, 6.07) is 3.04. The standard InChI is InChI=1S/C28H32N8O2S/c1-15(18-8-6-12-35(18)2)37-27-32-21(22-26(33-27)36(3)14-31-22)23-16-7-4-10-28(24(16)34-38-23)11-5-9-19-20(28)17(13-29)25(30)39-19/h14-15,18H,4-12,30H2,1-3H3. The molecule has 11 heteroatoms. The fourth-order valence-corrected chi connectivity index (χ4v) is 8.37. The topological polar surface area (TPSA) is 132 Å². The zero-order valence-corrected chi connectivity index (χ0v) is 23.3. The van der Waals surface area contributed by atoms with E-state index in [2.05, 4.69) is 29.9 Å². The summed E-state index contributed by atoms with van der Waals surface area (Å²) in [5.41, 5.74) is 11.6. The first kappa shape index (κ1) is 24.5. The number of thiophene rings is 1. The monoisotopic (exact) mass is 544 g/mol.